The standard InChI is InChI=1S/C18H19ClFN7/c1-9(13-6-5-12(20)7-14(13)19)21-17-22-10(2)23-18(25-17)24-16-8-15(26-27-16)11-3-4-11/h5-9,11H,3-4H2,1-2H3,(H3,21,22,23,24,25,26,27)/t9-/m1/s1. The van der Waals surface area contributed by atoms with E-state index in [1.54, 1.807) is 13.0 Å². The van der Waals surface area contributed by atoms with Gasteiger partial charge in [-0.1, -0.05) is 17.7 Å². The Morgan fingerprint density at radius 2 is 1.96 bits per heavy atom. The predicted molar refractivity (Wildman–Crippen MR) is 102 cm³/mol. The molecule has 1 saturated carbocycles. The topological polar surface area (TPSA) is 91.4 Å². The van der Waals surface area contributed by atoms with Crippen molar-refractivity contribution in [2.75, 3.05) is 10.6 Å². The van der Waals surface area contributed by atoms with E-state index in [1.807, 2.05) is 13.0 Å². The molecule has 1 atom stereocenters. The number of aromatic amines is 1. The number of H-pyrrole nitrogens is 1. The molecule has 0 aliphatic heterocycles. The van der Waals surface area contributed by atoms with Gasteiger partial charge in [-0.25, -0.2) is 4.39 Å². The van der Waals surface area contributed by atoms with Crippen LogP contribution in [-0.4, -0.2) is 25.1 Å². The summed E-state index contributed by atoms with van der Waals surface area (Å²) in [6.45, 7) is 3.69. The lowest BCUT2D eigenvalue weighted by Gasteiger charge is -2.16. The second-order valence-corrected chi connectivity index (χ2v) is 7.08. The minimum Gasteiger partial charge on any atom is -0.347 e. The van der Waals surface area contributed by atoms with Crippen LogP contribution in [0.25, 0.3) is 0 Å². The molecule has 2 aromatic heterocycles. The second kappa shape index (κ2) is 7.11. The monoisotopic (exact) mass is 387 g/mol. The van der Waals surface area contributed by atoms with Crippen LogP contribution in [0.2, 0.25) is 5.02 Å². The molecule has 0 saturated heterocycles. The van der Waals surface area contributed by atoms with Gasteiger partial charge in [0.25, 0.3) is 0 Å². The Labute approximate surface area is 160 Å². The molecule has 2 heterocycles. The maximum Gasteiger partial charge on any atom is 0.233 e. The zero-order chi connectivity index (χ0) is 19.0. The molecule has 0 unspecified atom stereocenters. The third-order valence-corrected chi connectivity index (χ3v) is 4.70. The average molecular weight is 388 g/mol. The molecule has 0 bridgehead atoms. The van der Waals surface area contributed by atoms with Gasteiger partial charge < -0.3 is 10.6 Å². The van der Waals surface area contributed by atoms with E-state index in [-0.39, 0.29) is 11.9 Å². The molecule has 3 N–H and O–H groups in total. The third kappa shape index (κ3) is 4.16. The first-order chi connectivity index (χ1) is 13.0. The van der Waals surface area contributed by atoms with E-state index in [0.29, 0.717) is 34.5 Å². The van der Waals surface area contributed by atoms with Crippen LogP contribution in [-0.2, 0) is 0 Å². The van der Waals surface area contributed by atoms with Crippen molar-refractivity contribution in [1.82, 2.24) is 25.1 Å². The lowest BCUT2D eigenvalue weighted by atomic mass is 10.1. The number of aryl methyl sites for hydroxylation is 1. The van der Waals surface area contributed by atoms with Crippen LogP contribution in [0.5, 0.6) is 0 Å². The van der Waals surface area contributed by atoms with Crippen molar-refractivity contribution in [3.63, 3.8) is 0 Å². The van der Waals surface area contributed by atoms with E-state index >= 15 is 0 Å². The van der Waals surface area contributed by atoms with Crippen LogP contribution in [0, 0.1) is 12.7 Å². The zero-order valence-electron chi connectivity index (χ0n) is 14.9. The summed E-state index contributed by atoms with van der Waals surface area (Å²) in [5, 5.41) is 13.9. The summed E-state index contributed by atoms with van der Waals surface area (Å²) in [7, 11) is 0. The molecule has 1 aliphatic rings. The molecule has 140 valence electrons. The Hall–Kier alpha value is -2.74. The maximum absolute atomic E-state index is 13.3. The summed E-state index contributed by atoms with van der Waals surface area (Å²) in [6, 6.07) is 6.08. The maximum atomic E-state index is 13.3. The van der Waals surface area contributed by atoms with Crippen molar-refractivity contribution < 1.29 is 4.39 Å². The summed E-state index contributed by atoms with van der Waals surface area (Å²) in [5.74, 6) is 2.25. The minimum atomic E-state index is -0.372. The molecule has 0 amide bonds. The van der Waals surface area contributed by atoms with E-state index in [9.17, 15) is 4.39 Å². The predicted octanol–water partition coefficient (Wildman–Crippen LogP) is 4.49. The first-order valence-corrected chi connectivity index (χ1v) is 9.12. The van der Waals surface area contributed by atoms with E-state index in [1.165, 1.54) is 25.0 Å². The highest BCUT2D eigenvalue weighted by Crippen LogP contribution is 2.39. The fraction of sp³-hybridized carbons (Fsp3) is 0.333. The Balaban J connectivity index is 1.50. The fourth-order valence-corrected chi connectivity index (χ4v) is 3.18. The van der Waals surface area contributed by atoms with Crippen LogP contribution < -0.4 is 10.6 Å². The number of hydrogen-bond donors (Lipinski definition) is 3. The van der Waals surface area contributed by atoms with E-state index in [4.69, 9.17) is 11.6 Å². The summed E-state index contributed by atoms with van der Waals surface area (Å²) in [5.41, 5.74) is 1.88. The van der Waals surface area contributed by atoms with Gasteiger partial charge in [-0.2, -0.15) is 20.1 Å². The number of hydrogen-bond acceptors (Lipinski definition) is 6. The lowest BCUT2D eigenvalue weighted by molar-refractivity contribution is 0.626. The smallest absolute Gasteiger partial charge is 0.233 e. The number of anilines is 3. The molecule has 4 rings (SSSR count). The van der Waals surface area contributed by atoms with Crippen molar-refractivity contribution >= 4 is 29.3 Å². The normalized spacial score (nSPS) is 14.8. The minimum absolute atomic E-state index is 0.209. The number of rotatable bonds is 6. The average Bonchev–Trinajstić information content (AvgIpc) is 3.34. The van der Waals surface area contributed by atoms with Gasteiger partial charge in [-0.05, 0) is 44.4 Å². The number of halogens is 2. The van der Waals surface area contributed by atoms with E-state index in [0.717, 1.165) is 11.3 Å². The van der Waals surface area contributed by atoms with Crippen LogP contribution in [0.15, 0.2) is 24.3 Å². The molecule has 1 fully saturated rings. The Morgan fingerprint density at radius 3 is 2.70 bits per heavy atom. The van der Waals surface area contributed by atoms with Gasteiger partial charge in [0.1, 0.15) is 11.6 Å². The first-order valence-electron chi connectivity index (χ1n) is 8.74. The van der Waals surface area contributed by atoms with Crippen LogP contribution in [0.3, 0.4) is 0 Å². The highest BCUT2D eigenvalue weighted by atomic mass is 35.5. The zero-order valence-corrected chi connectivity index (χ0v) is 15.7. The fourth-order valence-electron chi connectivity index (χ4n) is 2.85. The molecule has 0 radical (unpaired) electrons. The number of benzene rings is 1. The molecule has 0 spiro atoms. The number of nitrogens with one attached hydrogen (secondary N) is 3. The summed E-state index contributed by atoms with van der Waals surface area (Å²) >= 11 is 6.14. The van der Waals surface area contributed by atoms with Gasteiger partial charge in [0, 0.05) is 22.7 Å². The van der Waals surface area contributed by atoms with Crippen molar-refractivity contribution in [1.29, 1.82) is 0 Å². The van der Waals surface area contributed by atoms with Crippen molar-refractivity contribution in [2.24, 2.45) is 0 Å². The van der Waals surface area contributed by atoms with Crippen molar-refractivity contribution in [3.05, 3.63) is 52.2 Å². The molecule has 7 nitrogen and oxygen atoms in total. The molecule has 9 heteroatoms. The quantitative estimate of drug-likeness (QED) is 0.577. The second-order valence-electron chi connectivity index (χ2n) is 6.67. The highest BCUT2D eigenvalue weighted by Gasteiger charge is 2.25. The summed E-state index contributed by atoms with van der Waals surface area (Å²) < 4.78 is 13.3. The molecular formula is C18H19ClFN7. The van der Waals surface area contributed by atoms with Crippen molar-refractivity contribution in [2.45, 2.75) is 38.6 Å². The molecule has 3 aromatic rings. The lowest BCUT2D eigenvalue weighted by Crippen LogP contribution is -2.12. The van der Waals surface area contributed by atoms with Crippen LogP contribution in [0.1, 0.15) is 48.8 Å². The van der Waals surface area contributed by atoms with E-state index < -0.39 is 0 Å². The Morgan fingerprint density at radius 1 is 1.19 bits per heavy atom. The molecule has 1 aromatic carbocycles. The third-order valence-electron chi connectivity index (χ3n) is 4.38. The highest BCUT2D eigenvalue weighted by molar-refractivity contribution is 6.31. The number of nitrogens with zero attached hydrogens (tertiary/aromatic N) is 4. The molecule has 1 aliphatic carbocycles. The van der Waals surface area contributed by atoms with Crippen LogP contribution >= 0.6 is 11.6 Å². The van der Waals surface area contributed by atoms with Gasteiger partial charge in [-0.15, -0.1) is 0 Å². The van der Waals surface area contributed by atoms with Crippen LogP contribution in [0.4, 0.5) is 22.1 Å². The number of aromatic nitrogens is 5. The van der Waals surface area contributed by atoms with Gasteiger partial charge in [0.15, 0.2) is 5.82 Å². The van der Waals surface area contributed by atoms with Gasteiger partial charge in [-0.3, -0.25) is 5.10 Å². The van der Waals surface area contributed by atoms with Crippen molar-refractivity contribution in [3.8, 4) is 0 Å². The first kappa shape index (κ1) is 17.7. The molecular weight excluding hydrogens is 369 g/mol. The van der Waals surface area contributed by atoms with Gasteiger partial charge >= 0.3 is 0 Å². The summed E-state index contributed by atoms with van der Waals surface area (Å²) in [4.78, 5) is 13.0. The molecule has 27 heavy (non-hydrogen) atoms. The van der Waals surface area contributed by atoms with E-state index in [2.05, 4.69) is 35.8 Å². The Kier molecular flexibility index (Phi) is 4.65. The summed E-state index contributed by atoms with van der Waals surface area (Å²) in [6.07, 6.45) is 2.40. The van der Waals surface area contributed by atoms with Gasteiger partial charge in [0.2, 0.25) is 11.9 Å². The largest absolute Gasteiger partial charge is 0.347 e. The Bertz CT molecular complexity index is 970. The van der Waals surface area contributed by atoms with Gasteiger partial charge in [0.05, 0.1) is 6.04 Å². The SMILES string of the molecule is Cc1nc(Nc2cc(C3CC3)[nH]n2)nc(N[C@H](C)c2ccc(F)cc2Cl)n1.